The Labute approximate surface area is 178 Å². The van der Waals surface area contributed by atoms with E-state index < -0.39 is 0 Å². The summed E-state index contributed by atoms with van der Waals surface area (Å²) in [5, 5.41) is 0. The van der Waals surface area contributed by atoms with Crippen LogP contribution in [0.4, 0.5) is 0 Å². The van der Waals surface area contributed by atoms with Gasteiger partial charge in [0.05, 0.1) is 29.4 Å². The van der Waals surface area contributed by atoms with Crippen LogP contribution in [0.1, 0.15) is 49.9 Å². The molecule has 0 unspecified atom stereocenters. The quantitative estimate of drug-likeness (QED) is 0.657. The second-order valence-corrected chi connectivity index (χ2v) is 9.94. The van der Waals surface area contributed by atoms with Gasteiger partial charge in [0.2, 0.25) is 0 Å². The Kier molecular flexibility index (Phi) is 3.73. The fourth-order valence-corrected chi connectivity index (χ4v) is 5.22. The predicted molar refractivity (Wildman–Crippen MR) is 120 cm³/mol. The van der Waals surface area contributed by atoms with E-state index in [0.717, 1.165) is 31.4 Å². The first-order valence-corrected chi connectivity index (χ1v) is 11.0. The molecule has 0 bridgehead atoms. The zero-order chi connectivity index (χ0) is 20.7. The standard InChI is InChI=1S/C25H27BN2O2/c1-24(2)25(3,4)30-26(29-24)20-11-17-7-5-15-9-19(21-13-27-14-28-21)10-16-6-8-18(12-20)23(17)22(15)16/h9-14H,5-8H2,1-4H3,(H,27,28). The molecule has 6 rings (SSSR count). The van der Waals surface area contributed by atoms with Crippen molar-refractivity contribution in [3.8, 4) is 22.4 Å². The van der Waals surface area contributed by atoms with E-state index in [4.69, 9.17) is 9.31 Å². The molecule has 0 amide bonds. The molecule has 2 aromatic carbocycles. The third-order valence-corrected chi connectivity index (χ3v) is 7.54. The summed E-state index contributed by atoms with van der Waals surface area (Å²) in [6.45, 7) is 8.48. The highest BCUT2D eigenvalue weighted by atomic mass is 16.7. The normalized spacial score (nSPS) is 20.3. The Balaban J connectivity index is 1.44. The minimum atomic E-state index is -0.312. The topological polar surface area (TPSA) is 47.1 Å². The molecule has 0 atom stereocenters. The molecule has 1 saturated heterocycles. The Morgan fingerprint density at radius 3 is 1.77 bits per heavy atom. The second kappa shape index (κ2) is 6.08. The Bertz CT molecular complexity index is 1100. The van der Waals surface area contributed by atoms with E-state index in [1.165, 1.54) is 44.4 Å². The first-order chi connectivity index (χ1) is 14.3. The summed E-state index contributed by atoms with van der Waals surface area (Å²) in [5.41, 5.74) is 11.7. The lowest BCUT2D eigenvalue weighted by Crippen LogP contribution is -2.41. The second-order valence-electron chi connectivity index (χ2n) is 9.94. The van der Waals surface area contributed by atoms with E-state index in [-0.39, 0.29) is 18.3 Å². The molecule has 1 aliphatic heterocycles. The van der Waals surface area contributed by atoms with Crippen LogP contribution in [0.25, 0.3) is 22.4 Å². The molecule has 1 aromatic heterocycles. The van der Waals surface area contributed by atoms with Gasteiger partial charge in [-0.15, -0.1) is 0 Å². The maximum absolute atomic E-state index is 6.35. The summed E-state index contributed by atoms with van der Waals surface area (Å²) < 4.78 is 12.7. The number of hydrogen-bond acceptors (Lipinski definition) is 3. The minimum absolute atomic E-state index is 0.290. The molecular weight excluding hydrogens is 371 g/mol. The van der Waals surface area contributed by atoms with Gasteiger partial charge in [0.25, 0.3) is 0 Å². The van der Waals surface area contributed by atoms with E-state index in [0.29, 0.717) is 0 Å². The molecular formula is C25H27BN2O2. The van der Waals surface area contributed by atoms with Crippen molar-refractivity contribution >= 4 is 12.6 Å². The van der Waals surface area contributed by atoms with E-state index in [9.17, 15) is 0 Å². The Morgan fingerprint density at radius 1 is 0.800 bits per heavy atom. The summed E-state index contributed by atoms with van der Waals surface area (Å²) in [7, 11) is -0.290. The van der Waals surface area contributed by atoms with Crippen molar-refractivity contribution in [1.29, 1.82) is 0 Å². The van der Waals surface area contributed by atoms with Crippen molar-refractivity contribution in [3.63, 3.8) is 0 Å². The highest BCUT2D eigenvalue weighted by molar-refractivity contribution is 6.62. The third kappa shape index (κ3) is 2.58. The maximum atomic E-state index is 6.35. The van der Waals surface area contributed by atoms with Crippen LogP contribution < -0.4 is 5.46 Å². The van der Waals surface area contributed by atoms with Crippen LogP contribution in [0.3, 0.4) is 0 Å². The Morgan fingerprint density at radius 2 is 1.30 bits per heavy atom. The zero-order valence-electron chi connectivity index (χ0n) is 18.1. The van der Waals surface area contributed by atoms with Gasteiger partial charge in [0.15, 0.2) is 0 Å². The molecule has 1 fully saturated rings. The van der Waals surface area contributed by atoms with Gasteiger partial charge in [-0.25, -0.2) is 4.98 Å². The van der Waals surface area contributed by atoms with Gasteiger partial charge in [-0.3, -0.25) is 0 Å². The molecule has 0 radical (unpaired) electrons. The van der Waals surface area contributed by atoms with Crippen LogP contribution in [0, 0.1) is 0 Å². The van der Waals surface area contributed by atoms with Gasteiger partial charge in [0.1, 0.15) is 0 Å². The van der Waals surface area contributed by atoms with E-state index in [1.54, 1.807) is 6.33 Å². The lowest BCUT2D eigenvalue weighted by molar-refractivity contribution is 0.00578. The molecule has 152 valence electrons. The van der Waals surface area contributed by atoms with Gasteiger partial charge in [-0.1, -0.05) is 12.1 Å². The van der Waals surface area contributed by atoms with Crippen LogP contribution in [0.2, 0.25) is 0 Å². The lowest BCUT2D eigenvalue weighted by Gasteiger charge is -2.32. The molecule has 0 saturated carbocycles. The maximum Gasteiger partial charge on any atom is 0.494 e. The van der Waals surface area contributed by atoms with Crippen LogP contribution in [-0.4, -0.2) is 28.3 Å². The molecule has 30 heavy (non-hydrogen) atoms. The first-order valence-electron chi connectivity index (χ1n) is 11.0. The summed E-state index contributed by atoms with van der Waals surface area (Å²) in [5.74, 6) is 0. The van der Waals surface area contributed by atoms with Crippen molar-refractivity contribution < 1.29 is 9.31 Å². The molecule has 3 aliphatic rings. The number of hydrogen-bond donors (Lipinski definition) is 1. The highest BCUT2D eigenvalue weighted by Gasteiger charge is 2.52. The van der Waals surface area contributed by atoms with Crippen molar-refractivity contribution in [2.24, 2.45) is 0 Å². The number of aromatic amines is 1. The van der Waals surface area contributed by atoms with E-state index >= 15 is 0 Å². The van der Waals surface area contributed by atoms with Crippen molar-refractivity contribution in [2.75, 3.05) is 0 Å². The van der Waals surface area contributed by atoms with Crippen LogP contribution >= 0.6 is 0 Å². The van der Waals surface area contributed by atoms with Crippen LogP contribution in [0.15, 0.2) is 36.8 Å². The number of rotatable bonds is 2. The van der Waals surface area contributed by atoms with E-state index in [2.05, 4.69) is 61.9 Å². The van der Waals surface area contributed by atoms with Gasteiger partial charge in [0, 0.05) is 5.56 Å². The fraction of sp³-hybridized carbons (Fsp3) is 0.400. The fourth-order valence-electron chi connectivity index (χ4n) is 5.22. The van der Waals surface area contributed by atoms with Crippen molar-refractivity contribution in [2.45, 2.75) is 64.6 Å². The van der Waals surface area contributed by atoms with Gasteiger partial charge >= 0.3 is 7.12 Å². The number of H-pyrrole nitrogens is 1. The molecule has 3 aromatic rings. The highest BCUT2D eigenvalue weighted by Crippen LogP contribution is 2.44. The van der Waals surface area contributed by atoms with Crippen molar-refractivity contribution in [3.05, 3.63) is 59.0 Å². The number of aryl methyl sites for hydroxylation is 4. The molecule has 2 aliphatic carbocycles. The van der Waals surface area contributed by atoms with Crippen LogP contribution in [-0.2, 0) is 35.0 Å². The lowest BCUT2D eigenvalue weighted by atomic mass is 9.69. The average Bonchev–Trinajstić information content (AvgIpc) is 3.32. The van der Waals surface area contributed by atoms with Gasteiger partial charge in [-0.05, 0) is 104 Å². The SMILES string of the molecule is CC1(C)OB(c2cc3c4c(c2)CCc2cc(-c5cnc[nH]5)cc(c2-4)CC3)OC1(C)C. The summed E-state index contributed by atoms with van der Waals surface area (Å²) in [4.78, 5) is 7.46. The summed E-state index contributed by atoms with van der Waals surface area (Å²) in [6, 6.07) is 9.38. The minimum Gasteiger partial charge on any atom is -0.399 e. The number of nitrogens with one attached hydrogen (secondary N) is 1. The molecule has 0 spiro atoms. The number of aromatic nitrogens is 2. The third-order valence-electron chi connectivity index (χ3n) is 7.54. The number of imidazole rings is 1. The molecule has 1 N–H and O–H groups in total. The average molecular weight is 398 g/mol. The molecule has 4 nitrogen and oxygen atoms in total. The van der Waals surface area contributed by atoms with Gasteiger partial charge in [-0.2, -0.15) is 0 Å². The molecule has 5 heteroatoms. The summed E-state index contributed by atoms with van der Waals surface area (Å²) >= 11 is 0. The predicted octanol–water partition coefficient (Wildman–Crippen LogP) is 4.24. The van der Waals surface area contributed by atoms with Crippen LogP contribution in [0.5, 0.6) is 0 Å². The smallest absolute Gasteiger partial charge is 0.399 e. The molecule has 2 heterocycles. The summed E-state index contributed by atoms with van der Waals surface area (Å²) in [6.07, 6.45) is 7.94. The number of nitrogens with zero attached hydrogens (tertiary/aromatic N) is 1. The largest absolute Gasteiger partial charge is 0.494 e. The first kappa shape index (κ1) is 18.4. The monoisotopic (exact) mass is 398 g/mol. The number of benzene rings is 2. The zero-order valence-corrected chi connectivity index (χ0v) is 18.1. The Hall–Kier alpha value is -2.37. The van der Waals surface area contributed by atoms with Gasteiger partial charge < -0.3 is 14.3 Å². The van der Waals surface area contributed by atoms with Crippen molar-refractivity contribution in [1.82, 2.24) is 9.97 Å². The van der Waals surface area contributed by atoms with E-state index in [1.807, 2.05) is 6.20 Å².